The van der Waals surface area contributed by atoms with Crippen LogP contribution >= 0.6 is 0 Å². The van der Waals surface area contributed by atoms with Crippen molar-refractivity contribution in [2.75, 3.05) is 18.9 Å². The van der Waals surface area contributed by atoms with Crippen molar-refractivity contribution in [2.24, 2.45) is 5.73 Å². The molecule has 0 spiro atoms. The molecule has 1 aliphatic heterocycles. The molecule has 7 nitrogen and oxygen atoms in total. The third kappa shape index (κ3) is 6.27. The highest BCUT2D eigenvalue weighted by Crippen LogP contribution is 2.27. The van der Waals surface area contributed by atoms with Crippen molar-refractivity contribution in [3.63, 3.8) is 0 Å². The maximum absolute atomic E-state index is 15.4. The zero-order chi connectivity index (χ0) is 28.1. The number of nitrogens with one attached hydrogen (secondary N) is 2. The molecule has 9 heteroatoms. The van der Waals surface area contributed by atoms with Gasteiger partial charge in [-0.2, -0.15) is 0 Å². The minimum atomic E-state index is -0.669. The van der Waals surface area contributed by atoms with E-state index >= 15 is 4.39 Å². The van der Waals surface area contributed by atoms with Crippen molar-refractivity contribution in [3.8, 4) is 11.1 Å². The average molecular weight is 541 g/mol. The van der Waals surface area contributed by atoms with Gasteiger partial charge in [0, 0.05) is 49.3 Å². The van der Waals surface area contributed by atoms with E-state index in [4.69, 9.17) is 5.73 Å². The number of amides is 1. The predicted molar refractivity (Wildman–Crippen MR) is 152 cm³/mol. The Hall–Kier alpha value is -4.76. The summed E-state index contributed by atoms with van der Waals surface area (Å²) < 4.78 is 30.5. The molecule has 204 valence electrons. The van der Waals surface area contributed by atoms with Gasteiger partial charge >= 0.3 is 0 Å². The lowest BCUT2D eigenvalue weighted by Crippen LogP contribution is -2.39. The van der Waals surface area contributed by atoms with Gasteiger partial charge < -0.3 is 25.8 Å². The quantitative estimate of drug-likeness (QED) is 0.258. The second kappa shape index (κ2) is 12.0. The fourth-order valence-electron chi connectivity index (χ4n) is 4.63. The van der Waals surface area contributed by atoms with Crippen LogP contribution in [0.2, 0.25) is 0 Å². The molecule has 0 bridgehead atoms. The molecule has 0 aliphatic carbocycles. The van der Waals surface area contributed by atoms with Crippen molar-refractivity contribution in [3.05, 3.63) is 132 Å². The van der Waals surface area contributed by atoms with E-state index in [2.05, 4.69) is 26.6 Å². The van der Waals surface area contributed by atoms with Crippen LogP contribution in [0.1, 0.15) is 22.0 Å². The number of aromatic nitrogens is 2. The minimum absolute atomic E-state index is 0.282. The maximum Gasteiger partial charge on any atom is 0.251 e. The number of likely N-dealkylation sites (N-methyl/N-ethyl adjacent to an activating group) is 1. The molecular weight excluding hydrogens is 510 g/mol. The van der Waals surface area contributed by atoms with Crippen LogP contribution in [-0.2, 0) is 6.54 Å². The number of carbonyl (C=O) groups excluding carboxylic acids is 1. The summed E-state index contributed by atoms with van der Waals surface area (Å²) in [5.74, 6) is -1.18. The second-order valence-electron chi connectivity index (χ2n) is 9.63. The van der Waals surface area contributed by atoms with E-state index < -0.39 is 18.0 Å². The Labute approximate surface area is 231 Å². The largest absolute Gasteiger partial charge is 0.371 e. The van der Waals surface area contributed by atoms with Gasteiger partial charge in [-0.25, -0.2) is 13.8 Å². The van der Waals surface area contributed by atoms with E-state index in [0.717, 1.165) is 17.9 Å². The molecule has 2 heterocycles. The molecule has 4 aromatic rings. The molecule has 1 amide bonds. The fraction of sp³-hybridized carbons (Fsp3) is 0.161. The highest BCUT2D eigenvalue weighted by molar-refractivity contribution is 5.94. The zero-order valence-corrected chi connectivity index (χ0v) is 22.0. The molecule has 40 heavy (non-hydrogen) atoms. The summed E-state index contributed by atoms with van der Waals surface area (Å²) in [6, 6.07) is 17.0. The summed E-state index contributed by atoms with van der Waals surface area (Å²) in [7, 11) is 1.98. The first kappa shape index (κ1) is 26.8. The van der Waals surface area contributed by atoms with Gasteiger partial charge in [0.1, 0.15) is 17.8 Å². The van der Waals surface area contributed by atoms with Crippen molar-refractivity contribution >= 4 is 11.6 Å². The topological polar surface area (TPSA) is 88.2 Å². The fourth-order valence-corrected chi connectivity index (χ4v) is 4.63. The SMILES string of the molecule is CN1CC=CC=C1C(N)Nc1ccc(C(=O)N[C@@H](Cn2ccnc2)c2ccc(-c3ccc(F)cc3)cc2F)cc1. The van der Waals surface area contributed by atoms with Gasteiger partial charge in [-0.05, 0) is 59.7 Å². The number of imidazole rings is 1. The van der Waals surface area contributed by atoms with Gasteiger partial charge in [0.25, 0.3) is 5.91 Å². The lowest BCUT2D eigenvalue weighted by Gasteiger charge is -2.29. The summed E-state index contributed by atoms with van der Waals surface area (Å²) in [5, 5.41) is 6.22. The summed E-state index contributed by atoms with van der Waals surface area (Å²) in [6.07, 6.45) is 10.6. The third-order valence-electron chi connectivity index (χ3n) is 6.82. The van der Waals surface area contributed by atoms with Crippen LogP contribution in [0.5, 0.6) is 0 Å². The lowest BCUT2D eigenvalue weighted by atomic mass is 9.99. The van der Waals surface area contributed by atoms with Crippen LogP contribution in [0.4, 0.5) is 14.5 Å². The molecule has 1 aliphatic rings. The molecule has 0 saturated carbocycles. The highest BCUT2D eigenvalue weighted by Gasteiger charge is 2.21. The van der Waals surface area contributed by atoms with Gasteiger partial charge in [0.15, 0.2) is 0 Å². The number of benzene rings is 3. The average Bonchev–Trinajstić information content (AvgIpc) is 3.47. The molecule has 0 saturated heterocycles. The predicted octanol–water partition coefficient (Wildman–Crippen LogP) is 5.08. The van der Waals surface area contributed by atoms with E-state index in [1.807, 2.05) is 19.2 Å². The van der Waals surface area contributed by atoms with Gasteiger partial charge in [-0.3, -0.25) is 4.79 Å². The number of rotatable bonds is 9. The molecule has 2 atom stereocenters. The summed E-state index contributed by atoms with van der Waals surface area (Å²) in [4.78, 5) is 19.4. The first-order valence-electron chi connectivity index (χ1n) is 12.9. The molecule has 0 radical (unpaired) electrons. The molecule has 3 aromatic carbocycles. The van der Waals surface area contributed by atoms with E-state index in [0.29, 0.717) is 22.3 Å². The first-order valence-corrected chi connectivity index (χ1v) is 12.9. The van der Waals surface area contributed by atoms with Crippen molar-refractivity contribution in [2.45, 2.75) is 18.8 Å². The Balaban J connectivity index is 1.32. The minimum Gasteiger partial charge on any atom is -0.371 e. The van der Waals surface area contributed by atoms with E-state index in [1.165, 1.54) is 18.2 Å². The number of anilines is 1. The van der Waals surface area contributed by atoms with E-state index in [1.54, 1.807) is 71.8 Å². The molecular formula is C31H30F2N6O. The van der Waals surface area contributed by atoms with Gasteiger partial charge in [-0.1, -0.05) is 36.4 Å². The normalized spacial score (nSPS) is 14.4. The number of halogens is 2. The highest BCUT2D eigenvalue weighted by atomic mass is 19.1. The van der Waals surface area contributed by atoms with Crippen LogP contribution in [0.25, 0.3) is 11.1 Å². The van der Waals surface area contributed by atoms with Crippen LogP contribution in [0.3, 0.4) is 0 Å². The monoisotopic (exact) mass is 540 g/mol. The Morgan fingerprint density at radius 2 is 1.80 bits per heavy atom. The Kier molecular flexibility index (Phi) is 8.02. The van der Waals surface area contributed by atoms with Gasteiger partial charge in [-0.15, -0.1) is 0 Å². The maximum atomic E-state index is 15.4. The van der Waals surface area contributed by atoms with Crippen LogP contribution in [0.15, 0.2) is 109 Å². The van der Waals surface area contributed by atoms with Crippen molar-refractivity contribution in [1.82, 2.24) is 19.8 Å². The van der Waals surface area contributed by atoms with Crippen molar-refractivity contribution < 1.29 is 13.6 Å². The summed E-state index contributed by atoms with van der Waals surface area (Å²) in [6.45, 7) is 1.07. The van der Waals surface area contributed by atoms with Gasteiger partial charge in [0.05, 0.1) is 18.1 Å². The number of allylic oxidation sites excluding steroid dienone is 2. The molecule has 1 aromatic heterocycles. The van der Waals surface area contributed by atoms with Crippen LogP contribution in [-0.4, -0.2) is 40.1 Å². The van der Waals surface area contributed by atoms with E-state index in [-0.39, 0.29) is 18.3 Å². The third-order valence-corrected chi connectivity index (χ3v) is 6.82. The molecule has 4 N–H and O–H groups in total. The second-order valence-corrected chi connectivity index (χ2v) is 9.63. The summed E-state index contributed by atoms with van der Waals surface area (Å²) >= 11 is 0. The molecule has 5 rings (SSSR count). The smallest absolute Gasteiger partial charge is 0.251 e. The zero-order valence-electron chi connectivity index (χ0n) is 22.0. The number of nitrogens with zero attached hydrogens (tertiary/aromatic N) is 3. The van der Waals surface area contributed by atoms with Crippen molar-refractivity contribution in [1.29, 1.82) is 0 Å². The van der Waals surface area contributed by atoms with Gasteiger partial charge in [0.2, 0.25) is 0 Å². The lowest BCUT2D eigenvalue weighted by molar-refractivity contribution is 0.0932. The molecule has 1 unspecified atom stereocenters. The Bertz CT molecular complexity index is 1510. The number of hydrogen-bond acceptors (Lipinski definition) is 5. The van der Waals surface area contributed by atoms with Crippen LogP contribution < -0.4 is 16.4 Å². The summed E-state index contributed by atoms with van der Waals surface area (Å²) in [5.41, 5.74) is 10.1. The number of nitrogens with two attached hydrogens (primary N) is 1. The number of hydrogen-bond donors (Lipinski definition) is 3. The standard InChI is InChI=1S/C31H30F2N6O/c1-38-16-3-2-4-29(38)30(34)36-25-12-7-22(8-13-25)31(40)37-28(19-39-17-15-35-20-39)26-14-9-23(18-27(26)33)21-5-10-24(32)11-6-21/h2-15,17-18,20,28,30,36H,16,19,34H2,1H3,(H,37,40)/t28-,30?/m0/s1. The Morgan fingerprint density at radius 1 is 1.05 bits per heavy atom. The number of carbonyl (C=O) groups is 1. The molecule has 0 fully saturated rings. The Morgan fingerprint density at radius 3 is 2.48 bits per heavy atom. The first-order chi connectivity index (χ1) is 19.4. The van der Waals surface area contributed by atoms with Crippen LogP contribution in [0, 0.1) is 11.6 Å². The van der Waals surface area contributed by atoms with E-state index in [9.17, 15) is 9.18 Å².